The maximum absolute atomic E-state index is 12.8. The van der Waals surface area contributed by atoms with Gasteiger partial charge in [0.05, 0.1) is 6.54 Å². The van der Waals surface area contributed by atoms with E-state index in [1.807, 2.05) is 18.2 Å². The van der Waals surface area contributed by atoms with Crippen molar-refractivity contribution in [3.63, 3.8) is 0 Å². The van der Waals surface area contributed by atoms with Crippen LogP contribution in [0.25, 0.3) is 11.4 Å². The topological polar surface area (TPSA) is 72.6 Å². The minimum atomic E-state index is -0.352. The van der Waals surface area contributed by atoms with E-state index in [0.29, 0.717) is 23.2 Å². The summed E-state index contributed by atoms with van der Waals surface area (Å²) < 4.78 is 7.87. The van der Waals surface area contributed by atoms with Crippen LogP contribution in [0.2, 0.25) is 5.02 Å². The van der Waals surface area contributed by atoms with E-state index < -0.39 is 0 Å². The van der Waals surface area contributed by atoms with Crippen LogP contribution in [0.4, 0.5) is 5.69 Å². The summed E-state index contributed by atoms with van der Waals surface area (Å²) in [5.74, 6) is 2.83. The summed E-state index contributed by atoms with van der Waals surface area (Å²) in [5, 5.41) is 9.53. The van der Waals surface area contributed by atoms with E-state index in [4.69, 9.17) is 16.3 Å². The smallest absolute Gasteiger partial charge is 0.285 e. The number of nitrogens with zero attached hydrogens (tertiary/aromatic N) is 5. The molecule has 3 heterocycles. The Labute approximate surface area is 220 Å². The number of hydrogen-bond acceptors (Lipinski definition) is 4. The van der Waals surface area contributed by atoms with Crippen molar-refractivity contribution in [2.75, 3.05) is 11.5 Å². The van der Waals surface area contributed by atoms with Gasteiger partial charge in [0.1, 0.15) is 17.4 Å². The number of ether oxygens (including phenoxy) is 1. The quantitative estimate of drug-likeness (QED) is 0.344. The van der Waals surface area contributed by atoms with Crippen LogP contribution in [0.5, 0.6) is 5.75 Å². The number of aromatic nitrogens is 3. The molecule has 2 aliphatic rings. The number of hydrogen-bond donors (Lipinski definition) is 0. The Morgan fingerprint density at radius 2 is 1.76 bits per heavy atom. The summed E-state index contributed by atoms with van der Waals surface area (Å²) in [6.07, 6.45) is 4.52. The van der Waals surface area contributed by atoms with E-state index in [-0.39, 0.29) is 12.5 Å². The Morgan fingerprint density at radius 1 is 0.946 bits per heavy atom. The summed E-state index contributed by atoms with van der Waals surface area (Å²) in [4.78, 5) is 19.4. The number of aliphatic imine (C=N–C) groups is 1. The van der Waals surface area contributed by atoms with Crippen LogP contribution in [0.15, 0.2) is 77.8 Å². The fourth-order valence-electron chi connectivity index (χ4n) is 4.92. The zero-order chi connectivity index (χ0) is 25.2. The molecule has 0 spiro atoms. The highest BCUT2D eigenvalue weighted by Crippen LogP contribution is 2.31. The molecule has 6 rings (SSSR count). The van der Waals surface area contributed by atoms with Crippen LogP contribution in [0.3, 0.4) is 0 Å². The van der Waals surface area contributed by atoms with Gasteiger partial charge in [-0.05, 0) is 66.9 Å². The third-order valence-corrected chi connectivity index (χ3v) is 7.05. The van der Waals surface area contributed by atoms with Crippen LogP contribution in [-0.2, 0) is 24.3 Å². The molecule has 8 heteroatoms. The molecule has 3 aromatic carbocycles. The van der Waals surface area contributed by atoms with Gasteiger partial charge >= 0.3 is 0 Å². The number of halogens is 1. The number of rotatable bonds is 5. The number of fused-ring (bicyclic) bond motifs is 2. The number of amides is 1. The molecule has 0 bridgehead atoms. The molecule has 0 radical (unpaired) electrons. The van der Waals surface area contributed by atoms with Crippen LogP contribution in [0.1, 0.15) is 36.2 Å². The number of amidine groups is 1. The fraction of sp³-hybridized carbons (Fsp3) is 0.241. The second kappa shape index (κ2) is 10.2. The van der Waals surface area contributed by atoms with E-state index >= 15 is 0 Å². The number of benzene rings is 3. The highest BCUT2D eigenvalue weighted by molar-refractivity contribution is 6.30. The van der Waals surface area contributed by atoms with Crippen molar-refractivity contribution in [3.8, 4) is 17.1 Å². The van der Waals surface area contributed by atoms with Gasteiger partial charge in [-0.1, -0.05) is 42.3 Å². The molecule has 37 heavy (non-hydrogen) atoms. The van der Waals surface area contributed by atoms with Crippen molar-refractivity contribution in [2.45, 2.75) is 38.8 Å². The Kier molecular flexibility index (Phi) is 6.45. The van der Waals surface area contributed by atoms with Crippen molar-refractivity contribution in [1.29, 1.82) is 0 Å². The molecule has 0 unspecified atom stereocenters. The Balaban J connectivity index is 1.25. The maximum atomic E-state index is 12.8. The average molecular weight is 512 g/mol. The van der Waals surface area contributed by atoms with Crippen LogP contribution >= 0.6 is 11.6 Å². The predicted octanol–water partition coefficient (Wildman–Crippen LogP) is 5.70. The molecule has 0 N–H and O–H groups in total. The maximum Gasteiger partial charge on any atom is 0.285 e. The van der Waals surface area contributed by atoms with Crippen molar-refractivity contribution < 1.29 is 9.53 Å². The lowest BCUT2D eigenvalue weighted by Gasteiger charge is -2.19. The molecule has 0 aliphatic carbocycles. The van der Waals surface area contributed by atoms with Gasteiger partial charge in [0, 0.05) is 34.8 Å². The van der Waals surface area contributed by atoms with Crippen molar-refractivity contribution >= 4 is 29.0 Å². The molecule has 0 saturated carbocycles. The fourth-order valence-corrected chi connectivity index (χ4v) is 5.04. The van der Waals surface area contributed by atoms with Gasteiger partial charge < -0.3 is 14.2 Å². The zero-order valence-corrected chi connectivity index (χ0v) is 21.1. The third-order valence-electron chi connectivity index (χ3n) is 6.80. The molecule has 1 amide bonds. The predicted molar refractivity (Wildman–Crippen MR) is 144 cm³/mol. The van der Waals surface area contributed by atoms with Crippen molar-refractivity contribution in [1.82, 2.24) is 14.8 Å². The number of aryl methyl sites for hydroxylation is 1. The van der Waals surface area contributed by atoms with E-state index in [2.05, 4.69) is 55.0 Å². The zero-order valence-electron chi connectivity index (χ0n) is 20.3. The number of carbonyl (C=O) groups excluding carboxylic acids is 1. The van der Waals surface area contributed by atoms with Crippen LogP contribution in [-0.4, -0.2) is 33.1 Å². The molecule has 0 saturated heterocycles. The number of anilines is 1. The molecular formula is C29H26ClN5O2. The van der Waals surface area contributed by atoms with E-state index in [1.54, 1.807) is 24.3 Å². The highest BCUT2D eigenvalue weighted by Gasteiger charge is 2.27. The van der Waals surface area contributed by atoms with Gasteiger partial charge in [-0.15, -0.1) is 10.2 Å². The summed E-state index contributed by atoms with van der Waals surface area (Å²) in [5.41, 5.74) is 4.07. The minimum Gasteiger partial charge on any atom is -0.484 e. The van der Waals surface area contributed by atoms with Crippen molar-refractivity contribution in [2.24, 2.45) is 4.99 Å². The lowest BCUT2D eigenvalue weighted by molar-refractivity contribution is -0.119. The van der Waals surface area contributed by atoms with Gasteiger partial charge in [0.15, 0.2) is 12.4 Å². The molecular weight excluding hydrogens is 486 g/mol. The molecule has 4 aromatic rings. The Morgan fingerprint density at radius 3 is 2.59 bits per heavy atom. The molecule has 7 nitrogen and oxygen atoms in total. The molecule has 186 valence electrons. The van der Waals surface area contributed by atoms with Gasteiger partial charge in [0.25, 0.3) is 5.91 Å². The van der Waals surface area contributed by atoms with E-state index in [0.717, 1.165) is 59.8 Å². The Hall–Kier alpha value is -3.97. The third kappa shape index (κ3) is 4.87. The standard InChI is InChI=1S/C29H26ClN5O2/c30-22-11-15-24(16-12-22)37-19-27(36)31-29-25-7-4-3-6-21(25)18-35(29)23-13-9-20(10-14-23)28-33-32-26-8-2-1-5-17-34(26)28/h3-4,6-7,9-16H,1-2,5,8,17-19H2. The van der Waals surface area contributed by atoms with Gasteiger partial charge in [0.2, 0.25) is 0 Å². The average Bonchev–Trinajstić information content (AvgIpc) is 3.41. The monoisotopic (exact) mass is 511 g/mol. The summed E-state index contributed by atoms with van der Waals surface area (Å²) >= 11 is 5.93. The molecule has 1 aromatic heterocycles. The van der Waals surface area contributed by atoms with E-state index in [1.165, 1.54) is 6.42 Å². The normalized spacial score (nSPS) is 15.8. The minimum absolute atomic E-state index is 0.155. The number of carbonyl (C=O) groups is 1. The lowest BCUT2D eigenvalue weighted by Crippen LogP contribution is -2.26. The van der Waals surface area contributed by atoms with Crippen LogP contribution in [0, 0.1) is 0 Å². The summed E-state index contributed by atoms with van der Waals surface area (Å²) in [7, 11) is 0. The van der Waals surface area contributed by atoms with Gasteiger partial charge in [-0.3, -0.25) is 4.79 Å². The molecule has 0 atom stereocenters. The Bertz CT molecular complexity index is 1460. The molecule has 0 fully saturated rings. The van der Waals surface area contributed by atoms with Gasteiger partial charge in [-0.2, -0.15) is 4.99 Å². The van der Waals surface area contributed by atoms with Crippen LogP contribution < -0.4 is 9.64 Å². The van der Waals surface area contributed by atoms with Gasteiger partial charge in [-0.25, -0.2) is 0 Å². The van der Waals surface area contributed by atoms with Crippen molar-refractivity contribution in [3.05, 3.63) is 94.8 Å². The first-order valence-electron chi connectivity index (χ1n) is 12.5. The first-order chi connectivity index (χ1) is 18.2. The van der Waals surface area contributed by atoms with E-state index in [9.17, 15) is 4.79 Å². The summed E-state index contributed by atoms with van der Waals surface area (Å²) in [6.45, 7) is 1.44. The first kappa shape index (κ1) is 23.4. The second-order valence-electron chi connectivity index (χ2n) is 9.26. The largest absolute Gasteiger partial charge is 0.484 e. The highest BCUT2D eigenvalue weighted by atomic mass is 35.5. The summed E-state index contributed by atoms with van der Waals surface area (Å²) in [6, 6.07) is 23.2. The molecule has 2 aliphatic heterocycles. The first-order valence-corrected chi connectivity index (χ1v) is 12.9. The SMILES string of the molecule is O=C(COc1ccc(Cl)cc1)N=C1c2ccccc2CN1c1ccc(-c2nnc3n2CCCCC3)cc1. The lowest BCUT2D eigenvalue weighted by atomic mass is 10.1. The second-order valence-corrected chi connectivity index (χ2v) is 9.70.